The number of nitrogens with zero attached hydrogens (tertiary/aromatic N) is 2. The SMILES string of the molecule is CCCCNC(=O)C(CC)N(Cc1cccc(C)c1)C(=O)CN(c1cccc(OC)c1)S(C)(=O)=O. The second-order valence-electron chi connectivity index (χ2n) is 8.55. The molecule has 0 radical (unpaired) electrons. The summed E-state index contributed by atoms with van der Waals surface area (Å²) in [4.78, 5) is 28.2. The number of unbranched alkanes of at least 4 members (excludes halogenated alkanes) is 1. The van der Waals surface area contributed by atoms with Gasteiger partial charge in [-0.15, -0.1) is 0 Å². The standard InChI is InChI=1S/C26H37N3O5S/c1-6-8-15-27-26(31)24(7-2)28(18-21-12-9-11-20(3)16-21)25(30)19-29(35(5,32)33)22-13-10-14-23(17-22)34-4/h9-14,16-17,24H,6-8,15,18-19H2,1-5H3,(H,27,31). The average molecular weight is 504 g/mol. The Morgan fingerprint density at radius 2 is 1.80 bits per heavy atom. The van der Waals surface area contributed by atoms with E-state index in [1.165, 1.54) is 12.0 Å². The van der Waals surface area contributed by atoms with E-state index in [0.717, 1.165) is 34.5 Å². The van der Waals surface area contributed by atoms with Gasteiger partial charge in [-0.3, -0.25) is 13.9 Å². The van der Waals surface area contributed by atoms with Crippen molar-refractivity contribution >= 4 is 27.5 Å². The third-order valence-corrected chi connectivity index (χ3v) is 6.81. The number of anilines is 1. The van der Waals surface area contributed by atoms with Crippen molar-refractivity contribution in [2.75, 3.05) is 30.8 Å². The summed E-state index contributed by atoms with van der Waals surface area (Å²) in [6.45, 7) is 6.12. The molecule has 0 saturated heterocycles. The van der Waals surface area contributed by atoms with E-state index < -0.39 is 28.5 Å². The lowest BCUT2D eigenvalue weighted by molar-refractivity contribution is -0.140. The highest BCUT2D eigenvalue weighted by atomic mass is 32.2. The molecule has 9 heteroatoms. The number of hydrogen-bond donors (Lipinski definition) is 1. The molecular formula is C26H37N3O5S. The van der Waals surface area contributed by atoms with Crippen LogP contribution in [0, 0.1) is 6.92 Å². The number of methoxy groups -OCH3 is 1. The summed E-state index contributed by atoms with van der Waals surface area (Å²) in [5.41, 5.74) is 2.21. The molecule has 0 heterocycles. The Bertz CT molecular complexity index is 1100. The van der Waals surface area contributed by atoms with Gasteiger partial charge in [0, 0.05) is 19.2 Å². The summed E-state index contributed by atoms with van der Waals surface area (Å²) in [6, 6.07) is 13.5. The van der Waals surface area contributed by atoms with Crippen LogP contribution in [0.3, 0.4) is 0 Å². The van der Waals surface area contributed by atoms with E-state index in [1.807, 2.05) is 45.0 Å². The molecule has 2 aromatic rings. The lowest BCUT2D eigenvalue weighted by atomic mass is 10.1. The number of hydrogen-bond acceptors (Lipinski definition) is 5. The quantitative estimate of drug-likeness (QED) is 0.422. The molecular weight excluding hydrogens is 466 g/mol. The molecule has 0 saturated carbocycles. The number of nitrogens with one attached hydrogen (secondary N) is 1. The number of carbonyl (C=O) groups excluding carboxylic acids is 2. The Kier molecular flexibility index (Phi) is 10.6. The molecule has 35 heavy (non-hydrogen) atoms. The van der Waals surface area contributed by atoms with Gasteiger partial charge >= 0.3 is 0 Å². The van der Waals surface area contributed by atoms with E-state index in [0.29, 0.717) is 24.4 Å². The zero-order valence-electron chi connectivity index (χ0n) is 21.3. The van der Waals surface area contributed by atoms with Gasteiger partial charge in [-0.2, -0.15) is 0 Å². The van der Waals surface area contributed by atoms with Crippen LogP contribution < -0.4 is 14.4 Å². The molecule has 192 valence electrons. The minimum absolute atomic E-state index is 0.190. The van der Waals surface area contributed by atoms with Gasteiger partial charge < -0.3 is 15.0 Å². The van der Waals surface area contributed by atoms with Gasteiger partial charge in [-0.1, -0.05) is 56.2 Å². The third kappa shape index (κ3) is 8.28. The highest BCUT2D eigenvalue weighted by Gasteiger charge is 2.31. The minimum Gasteiger partial charge on any atom is -0.497 e. The fraction of sp³-hybridized carbons (Fsp3) is 0.462. The van der Waals surface area contributed by atoms with Crippen LogP contribution in [-0.2, 0) is 26.2 Å². The van der Waals surface area contributed by atoms with Gasteiger partial charge in [-0.05, 0) is 37.5 Å². The van der Waals surface area contributed by atoms with E-state index in [2.05, 4.69) is 5.32 Å². The summed E-state index contributed by atoms with van der Waals surface area (Å²) < 4.78 is 31.6. The zero-order chi connectivity index (χ0) is 26.0. The second kappa shape index (κ2) is 13.1. The lowest BCUT2D eigenvalue weighted by Crippen LogP contribution is -2.52. The van der Waals surface area contributed by atoms with E-state index >= 15 is 0 Å². The number of sulfonamides is 1. The predicted octanol–water partition coefficient (Wildman–Crippen LogP) is 3.49. The summed E-state index contributed by atoms with van der Waals surface area (Å²) in [5, 5.41) is 2.92. The summed E-state index contributed by atoms with van der Waals surface area (Å²) in [5.74, 6) is -0.228. The van der Waals surface area contributed by atoms with Crippen molar-refractivity contribution < 1.29 is 22.7 Å². The molecule has 0 spiro atoms. The molecule has 0 aliphatic rings. The fourth-order valence-corrected chi connectivity index (χ4v) is 4.65. The first-order chi connectivity index (χ1) is 16.6. The normalized spacial score (nSPS) is 12.0. The van der Waals surface area contributed by atoms with Crippen LogP contribution in [-0.4, -0.2) is 57.6 Å². The first kappa shape index (κ1) is 28.2. The summed E-state index contributed by atoms with van der Waals surface area (Å²) >= 11 is 0. The van der Waals surface area contributed by atoms with Crippen LogP contribution in [0.2, 0.25) is 0 Å². The van der Waals surface area contributed by atoms with Gasteiger partial charge in [0.2, 0.25) is 21.8 Å². The van der Waals surface area contributed by atoms with Crippen molar-refractivity contribution in [1.29, 1.82) is 0 Å². The number of carbonyl (C=O) groups is 2. The Labute approximate surface area is 209 Å². The topological polar surface area (TPSA) is 96.0 Å². The molecule has 2 aromatic carbocycles. The lowest BCUT2D eigenvalue weighted by Gasteiger charge is -2.33. The van der Waals surface area contributed by atoms with Crippen molar-refractivity contribution in [2.24, 2.45) is 0 Å². The predicted molar refractivity (Wildman–Crippen MR) is 139 cm³/mol. The van der Waals surface area contributed by atoms with Crippen LogP contribution in [0.25, 0.3) is 0 Å². The molecule has 0 fully saturated rings. The Balaban J connectivity index is 2.41. The van der Waals surface area contributed by atoms with Crippen molar-refractivity contribution in [3.8, 4) is 5.75 Å². The number of benzene rings is 2. The van der Waals surface area contributed by atoms with Crippen LogP contribution in [0.5, 0.6) is 5.75 Å². The van der Waals surface area contributed by atoms with Gasteiger partial charge in [0.25, 0.3) is 0 Å². The summed E-state index contributed by atoms with van der Waals surface area (Å²) in [7, 11) is -2.30. The monoisotopic (exact) mass is 503 g/mol. The van der Waals surface area contributed by atoms with Crippen LogP contribution in [0.1, 0.15) is 44.2 Å². The molecule has 0 aromatic heterocycles. The molecule has 8 nitrogen and oxygen atoms in total. The van der Waals surface area contributed by atoms with E-state index in [-0.39, 0.29) is 12.5 Å². The number of aryl methyl sites for hydroxylation is 1. The van der Waals surface area contributed by atoms with Crippen LogP contribution in [0.4, 0.5) is 5.69 Å². The van der Waals surface area contributed by atoms with Crippen molar-refractivity contribution in [1.82, 2.24) is 10.2 Å². The average Bonchev–Trinajstić information content (AvgIpc) is 2.81. The Hall–Kier alpha value is -3.07. The molecule has 0 bridgehead atoms. The Morgan fingerprint density at radius 3 is 2.40 bits per heavy atom. The van der Waals surface area contributed by atoms with Crippen molar-refractivity contribution in [2.45, 2.75) is 52.6 Å². The number of amides is 2. The van der Waals surface area contributed by atoms with Crippen molar-refractivity contribution in [3.63, 3.8) is 0 Å². The first-order valence-electron chi connectivity index (χ1n) is 11.8. The van der Waals surface area contributed by atoms with E-state index in [9.17, 15) is 18.0 Å². The smallest absolute Gasteiger partial charge is 0.244 e. The molecule has 0 aliphatic carbocycles. The fourth-order valence-electron chi connectivity index (χ4n) is 3.81. The van der Waals surface area contributed by atoms with E-state index in [1.54, 1.807) is 24.3 Å². The van der Waals surface area contributed by atoms with Crippen LogP contribution in [0.15, 0.2) is 48.5 Å². The highest BCUT2D eigenvalue weighted by molar-refractivity contribution is 7.92. The number of rotatable bonds is 13. The van der Waals surface area contributed by atoms with Crippen molar-refractivity contribution in [3.05, 3.63) is 59.7 Å². The summed E-state index contributed by atoms with van der Waals surface area (Å²) in [6.07, 6.45) is 3.23. The minimum atomic E-state index is -3.79. The Morgan fingerprint density at radius 1 is 1.09 bits per heavy atom. The first-order valence-corrected chi connectivity index (χ1v) is 13.7. The largest absolute Gasteiger partial charge is 0.497 e. The molecule has 1 unspecified atom stereocenters. The van der Waals surface area contributed by atoms with Gasteiger partial charge in [0.15, 0.2) is 0 Å². The molecule has 2 amide bonds. The van der Waals surface area contributed by atoms with Gasteiger partial charge in [0.05, 0.1) is 19.1 Å². The maximum Gasteiger partial charge on any atom is 0.244 e. The molecule has 2 rings (SSSR count). The van der Waals surface area contributed by atoms with E-state index in [4.69, 9.17) is 4.74 Å². The maximum atomic E-state index is 13.7. The number of ether oxygens (including phenoxy) is 1. The van der Waals surface area contributed by atoms with Gasteiger partial charge in [-0.25, -0.2) is 8.42 Å². The highest BCUT2D eigenvalue weighted by Crippen LogP contribution is 2.24. The molecule has 1 N–H and O–H groups in total. The molecule has 1 atom stereocenters. The third-order valence-electron chi connectivity index (χ3n) is 5.67. The maximum absolute atomic E-state index is 13.7. The zero-order valence-corrected chi connectivity index (χ0v) is 22.1. The van der Waals surface area contributed by atoms with Crippen LogP contribution >= 0.6 is 0 Å². The van der Waals surface area contributed by atoms with Gasteiger partial charge in [0.1, 0.15) is 18.3 Å². The second-order valence-corrected chi connectivity index (χ2v) is 10.5. The molecule has 0 aliphatic heterocycles.